The quantitative estimate of drug-likeness (QED) is 0.268. The molecule has 10 nitrogen and oxygen atoms in total. The van der Waals surface area contributed by atoms with Gasteiger partial charge < -0.3 is 26.0 Å². The number of hydrogen-bond donors (Lipinski definition) is 4. The number of carbonyl (C=O) groups is 5. The minimum absolute atomic E-state index is 0.0919. The molecule has 0 aromatic rings. The molecule has 0 aromatic carbocycles. The lowest BCUT2D eigenvalue weighted by Gasteiger charge is -2.09. The second kappa shape index (κ2) is 14.6. The lowest BCUT2D eigenvalue weighted by atomic mass is 10.1. The highest BCUT2D eigenvalue weighted by atomic mass is 16.5. The molecule has 0 radical (unpaired) electrons. The third-order valence-corrected chi connectivity index (χ3v) is 3.37. The second-order valence-corrected chi connectivity index (χ2v) is 6.95. The van der Waals surface area contributed by atoms with Crippen LogP contribution in [0.3, 0.4) is 0 Å². The molecule has 160 valence electrons. The van der Waals surface area contributed by atoms with Crippen molar-refractivity contribution in [1.29, 1.82) is 0 Å². The van der Waals surface area contributed by atoms with Crippen LogP contribution in [-0.4, -0.2) is 68.8 Å². The molecule has 0 bridgehead atoms. The van der Waals surface area contributed by atoms with E-state index in [2.05, 4.69) is 21.3 Å². The van der Waals surface area contributed by atoms with Crippen molar-refractivity contribution in [3.05, 3.63) is 0 Å². The van der Waals surface area contributed by atoms with Crippen LogP contribution in [0.1, 0.15) is 34.1 Å². The van der Waals surface area contributed by atoms with E-state index in [1.807, 2.05) is 13.8 Å². The molecule has 0 unspecified atom stereocenters. The summed E-state index contributed by atoms with van der Waals surface area (Å²) in [7, 11) is 0. The number of carbonyl (C=O) groups excluding carboxylic acids is 5. The topological polar surface area (TPSA) is 143 Å². The van der Waals surface area contributed by atoms with E-state index in [4.69, 9.17) is 4.74 Å². The van der Waals surface area contributed by atoms with Crippen LogP contribution in [0.4, 0.5) is 0 Å². The van der Waals surface area contributed by atoms with Gasteiger partial charge in [0.2, 0.25) is 23.6 Å². The highest BCUT2D eigenvalue weighted by Gasteiger charge is 2.11. The molecule has 0 fully saturated rings. The van der Waals surface area contributed by atoms with Gasteiger partial charge >= 0.3 is 0 Å². The number of nitrogens with one attached hydrogen (secondary N) is 4. The molecule has 4 N–H and O–H groups in total. The van der Waals surface area contributed by atoms with Crippen LogP contribution in [0.5, 0.6) is 0 Å². The minimum atomic E-state index is -0.563. The Hall–Kier alpha value is -2.49. The number of ether oxygens (including phenoxy) is 1. The van der Waals surface area contributed by atoms with E-state index in [0.717, 1.165) is 0 Å². The Balaban J connectivity index is 3.80. The predicted octanol–water partition coefficient (Wildman–Crippen LogP) is -1.26. The van der Waals surface area contributed by atoms with E-state index in [1.165, 1.54) is 0 Å². The monoisotopic (exact) mass is 400 g/mol. The van der Waals surface area contributed by atoms with Crippen molar-refractivity contribution < 1.29 is 28.7 Å². The van der Waals surface area contributed by atoms with Gasteiger partial charge in [-0.1, -0.05) is 27.7 Å². The minimum Gasteiger partial charge on any atom is -0.381 e. The summed E-state index contributed by atoms with van der Waals surface area (Å²) in [6.07, 6.45) is 0.148. The van der Waals surface area contributed by atoms with Gasteiger partial charge in [0.15, 0.2) is 5.78 Å². The molecule has 0 aliphatic heterocycles. The molecule has 0 aliphatic carbocycles. The van der Waals surface area contributed by atoms with Crippen LogP contribution >= 0.6 is 0 Å². The van der Waals surface area contributed by atoms with Crippen molar-refractivity contribution in [3.63, 3.8) is 0 Å². The summed E-state index contributed by atoms with van der Waals surface area (Å²) in [5.41, 5.74) is 0. The molecule has 0 aliphatic rings. The van der Waals surface area contributed by atoms with Crippen LogP contribution in [0.15, 0.2) is 0 Å². The average molecular weight is 400 g/mol. The molecule has 4 amide bonds. The summed E-state index contributed by atoms with van der Waals surface area (Å²) < 4.78 is 5.27. The summed E-state index contributed by atoms with van der Waals surface area (Å²) in [5, 5.41) is 9.46. The zero-order chi connectivity index (χ0) is 21.5. The second-order valence-electron chi connectivity index (χ2n) is 6.95. The predicted molar refractivity (Wildman–Crippen MR) is 102 cm³/mol. The molecule has 0 heterocycles. The van der Waals surface area contributed by atoms with Crippen molar-refractivity contribution in [2.75, 3.05) is 39.4 Å². The lowest BCUT2D eigenvalue weighted by Crippen LogP contribution is -2.45. The summed E-state index contributed by atoms with van der Waals surface area (Å²) in [4.78, 5) is 57.6. The average Bonchev–Trinajstić information content (AvgIpc) is 2.63. The molecule has 0 saturated heterocycles. The Morgan fingerprint density at radius 1 is 0.679 bits per heavy atom. The molecule has 0 aromatic heterocycles. The van der Waals surface area contributed by atoms with Gasteiger partial charge in [0.25, 0.3) is 0 Å². The van der Waals surface area contributed by atoms with E-state index in [1.54, 1.807) is 13.8 Å². The first-order valence-corrected chi connectivity index (χ1v) is 9.29. The summed E-state index contributed by atoms with van der Waals surface area (Å²) in [6, 6.07) is 0. The van der Waals surface area contributed by atoms with E-state index in [-0.39, 0.29) is 56.8 Å². The third-order valence-electron chi connectivity index (χ3n) is 3.37. The number of rotatable bonds is 14. The summed E-state index contributed by atoms with van der Waals surface area (Å²) >= 11 is 0. The maximum Gasteiger partial charge on any atom is 0.239 e. The van der Waals surface area contributed by atoms with Crippen LogP contribution in [0.2, 0.25) is 0 Å². The zero-order valence-corrected chi connectivity index (χ0v) is 17.1. The Kier molecular flexibility index (Phi) is 13.3. The zero-order valence-electron chi connectivity index (χ0n) is 17.1. The number of Topliss-reactive ketones (excluding diaryl/α,β-unsaturated/α-hetero) is 1. The van der Waals surface area contributed by atoms with Crippen molar-refractivity contribution in [2.45, 2.75) is 34.1 Å². The first-order valence-electron chi connectivity index (χ1n) is 9.29. The standard InChI is InChI=1S/C18H32N4O6/c1-12(2)11-28-6-5-15(24)20-8-17(26)22-10-18(27)21-9-16(25)19-7-14(23)13(3)4/h12-13H,5-11H2,1-4H3,(H,19,25)(H,20,24)(H,21,27)(H,22,26). The Labute approximate surface area is 165 Å². The van der Waals surface area contributed by atoms with Gasteiger partial charge in [0.1, 0.15) is 0 Å². The van der Waals surface area contributed by atoms with E-state index in [9.17, 15) is 24.0 Å². The van der Waals surface area contributed by atoms with Crippen molar-refractivity contribution in [2.24, 2.45) is 11.8 Å². The smallest absolute Gasteiger partial charge is 0.239 e. The van der Waals surface area contributed by atoms with Crippen molar-refractivity contribution >= 4 is 29.4 Å². The van der Waals surface area contributed by atoms with E-state index < -0.39 is 17.7 Å². The van der Waals surface area contributed by atoms with Crippen molar-refractivity contribution in [1.82, 2.24) is 21.3 Å². The molecule has 0 rings (SSSR count). The maximum absolute atomic E-state index is 11.6. The van der Waals surface area contributed by atoms with Gasteiger partial charge in [-0.05, 0) is 5.92 Å². The Bertz CT molecular complexity index is 548. The fourth-order valence-corrected chi connectivity index (χ4v) is 1.69. The summed E-state index contributed by atoms with van der Waals surface area (Å²) in [6.45, 7) is 7.32. The largest absolute Gasteiger partial charge is 0.381 e. The lowest BCUT2D eigenvalue weighted by molar-refractivity contribution is -0.129. The number of ketones is 1. The molecule has 0 atom stereocenters. The van der Waals surface area contributed by atoms with Crippen LogP contribution in [-0.2, 0) is 28.7 Å². The Morgan fingerprint density at radius 2 is 1.11 bits per heavy atom. The number of amides is 4. The highest BCUT2D eigenvalue weighted by Crippen LogP contribution is 1.93. The molecule has 0 spiro atoms. The van der Waals surface area contributed by atoms with Gasteiger partial charge in [0, 0.05) is 18.9 Å². The first-order chi connectivity index (χ1) is 13.1. The molecular formula is C18H32N4O6. The fraction of sp³-hybridized carbons (Fsp3) is 0.722. The van der Waals surface area contributed by atoms with Gasteiger partial charge in [-0.2, -0.15) is 0 Å². The fourth-order valence-electron chi connectivity index (χ4n) is 1.69. The van der Waals surface area contributed by atoms with Crippen LogP contribution < -0.4 is 21.3 Å². The molecule has 10 heteroatoms. The molecule has 28 heavy (non-hydrogen) atoms. The third kappa shape index (κ3) is 14.7. The van der Waals surface area contributed by atoms with Gasteiger partial charge in [-0.3, -0.25) is 24.0 Å². The van der Waals surface area contributed by atoms with E-state index >= 15 is 0 Å². The van der Waals surface area contributed by atoms with Crippen LogP contribution in [0, 0.1) is 11.8 Å². The first kappa shape index (κ1) is 25.5. The van der Waals surface area contributed by atoms with Gasteiger partial charge in [-0.15, -0.1) is 0 Å². The van der Waals surface area contributed by atoms with E-state index in [0.29, 0.717) is 12.5 Å². The number of hydrogen-bond acceptors (Lipinski definition) is 6. The SMILES string of the molecule is CC(C)COCCC(=O)NCC(=O)NCC(=O)NCC(=O)NCC(=O)C(C)C. The van der Waals surface area contributed by atoms with Gasteiger partial charge in [-0.25, -0.2) is 0 Å². The summed E-state index contributed by atoms with van der Waals surface area (Å²) in [5.74, 6) is -1.82. The highest BCUT2D eigenvalue weighted by molar-refractivity contribution is 5.91. The maximum atomic E-state index is 11.6. The normalized spacial score (nSPS) is 10.5. The van der Waals surface area contributed by atoms with Crippen LogP contribution in [0.25, 0.3) is 0 Å². The Morgan fingerprint density at radius 3 is 1.54 bits per heavy atom. The molecular weight excluding hydrogens is 368 g/mol. The molecule has 0 saturated carbocycles. The van der Waals surface area contributed by atoms with Crippen molar-refractivity contribution in [3.8, 4) is 0 Å². The van der Waals surface area contributed by atoms with Gasteiger partial charge in [0.05, 0.1) is 32.8 Å².